The molecule has 1 rings (SSSR count). The molecule has 0 bridgehead atoms. The Morgan fingerprint density at radius 1 is 1.50 bits per heavy atom. The Bertz CT molecular complexity index is 220. The molecular weight excluding hydrogens is 297 g/mol. The van der Waals surface area contributed by atoms with Gasteiger partial charge in [0, 0.05) is 6.04 Å². The summed E-state index contributed by atoms with van der Waals surface area (Å²) < 4.78 is 9.41. The molecule has 0 aromatic rings. The number of halogens is 1. The number of rotatable bonds is 1. The van der Waals surface area contributed by atoms with Gasteiger partial charge in [0.25, 0.3) is 0 Å². The van der Waals surface area contributed by atoms with E-state index in [9.17, 15) is 4.79 Å². The van der Waals surface area contributed by atoms with Gasteiger partial charge in [-0.3, -0.25) is 0 Å². The summed E-state index contributed by atoms with van der Waals surface area (Å²) in [6, 6.07) is 0.240. The summed E-state index contributed by atoms with van der Waals surface area (Å²) in [5, 5.41) is 0. The van der Waals surface area contributed by atoms with Crippen LogP contribution in [0.1, 0.15) is 25.7 Å². The summed E-state index contributed by atoms with van der Waals surface area (Å²) in [5.41, 5.74) is 5.79. The first kappa shape index (κ1) is 11.8. The Balaban J connectivity index is 2.41. The monoisotopic (exact) mass is 311 g/mol. The minimum absolute atomic E-state index is 0.162. The maximum absolute atomic E-state index is 10.8. The number of carbonyl (C=O) groups is 1. The van der Waals surface area contributed by atoms with Crippen LogP contribution in [0.3, 0.4) is 0 Å². The van der Waals surface area contributed by atoms with Gasteiger partial charge in [0.1, 0.15) is 6.10 Å². The summed E-state index contributed by atoms with van der Waals surface area (Å²) in [4.78, 5) is 10.8. The molecule has 14 heavy (non-hydrogen) atoms. The van der Waals surface area contributed by atoms with Crippen molar-refractivity contribution >= 4 is 29.2 Å². The predicted molar refractivity (Wildman–Crippen MR) is 61.0 cm³/mol. The van der Waals surface area contributed by atoms with Crippen molar-refractivity contribution in [3.05, 3.63) is 12.2 Å². The van der Waals surface area contributed by atoms with Crippen molar-refractivity contribution in [2.24, 2.45) is 5.73 Å². The molecule has 0 fully saturated rings. The lowest BCUT2D eigenvalue weighted by Gasteiger charge is -2.17. The van der Waals surface area contributed by atoms with E-state index in [-0.39, 0.29) is 12.1 Å². The highest BCUT2D eigenvalue weighted by Crippen LogP contribution is 2.14. The third-order valence-electron chi connectivity index (χ3n) is 2.16. The molecule has 0 radical (unpaired) electrons. The smallest absolute Gasteiger partial charge is 0.426 e. The largest absolute Gasteiger partial charge is 0.518 e. The van der Waals surface area contributed by atoms with Crippen molar-refractivity contribution in [1.82, 2.24) is 0 Å². The summed E-state index contributed by atoms with van der Waals surface area (Å²) >= 11 is 1.51. The van der Waals surface area contributed by atoms with Crippen molar-refractivity contribution in [2.75, 3.05) is 0 Å². The number of nitrogens with two attached hydrogens (primary N) is 1. The molecule has 0 saturated heterocycles. The summed E-state index contributed by atoms with van der Waals surface area (Å²) in [7, 11) is 0. The van der Waals surface area contributed by atoms with Crippen LogP contribution in [-0.4, -0.2) is 18.3 Å². The zero-order valence-corrected chi connectivity index (χ0v) is 9.98. The Morgan fingerprint density at radius 2 is 2.29 bits per heavy atom. The van der Waals surface area contributed by atoms with Crippen LogP contribution >= 0.6 is 23.0 Å². The van der Waals surface area contributed by atoms with Gasteiger partial charge in [-0.25, -0.2) is 4.79 Å². The highest BCUT2D eigenvalue weighted by molar-refractivity contribution is 14.1. The summed E-state index contributed by atoms with van der Waals surface area (Å²) in [5.74, 6) is 0. The van der Waals surface area contributed by atoms with Gasteiger partial charge in [-0.1, -0.05) is 6.08 Å². The molecule has 0 saturated carbocycles. The first-order chi connectivity index (χ1) is 6.72. The molecule has 1 unspecified atom stereocenters. The van der Waals surface area contributed by atoms with Gasteiger partial charge in [-0.15, -0.1) is 0 Å². The standard InChI is InChI=1S/C9H14INO3/c10-14-9(12)13-8-5-1-3-7(11)4-2-6-8/h1,5,7-8H,2-4,6,11H2/b5-1+/t7-,8?/m1/s1. The van der Waals surface area contributed by atoms with Crippen LogP contribution in [0.2, 0.25) is 0 Å². The maximum Gasteiger partial charge on any atom is 0.518 e. The van der Waals surface area contributed by atoms with E-state index in [1.165, 1.54) is 23.0 Å². The lowest BCUT2D eigenvalue weighted by Crippen LogP contribution is -2.23. The second-order valence-electron chi connectivity index (χ2n) is 3.34. The second-order valence-corrected chi connectivity index (χ2v) is 3.78. The number of hydrogen-bond acceptors (Lipinski definition) is 4. The third kappa shape index (κ3) is 4.28. The van der Waals surface area contributed by atoms with E-state index in [0.29, 0.717) is 0 Å². The molecule has 2 N–H and O–H groups in total. The van der Waals surface area contributed by atoms with E-state index >= 15 is 0 Å². The van der Waals surface area contributed by atoms with Crippen molar-refractivity contribution in [3.8, 4) is 0 Å². The number of hydrogen-bond donors (Lipinski definition) is 1. The van der Waals surface area contributed by atoms with Gasteiger partial charge >= 0.3 is 6.16 Å². The Kier molecular flexibility index (Phi) is 5.24. The van der Waals surface area contributed by atoms with E-state index in [0.717, 1.165) is 25.7 Å². The van der Waals surface area contributed by atoms with Crippen LogP contribution in [0.4, 0.5) is 4.79 Å². The van der Waals surface area contributed by atoms with Gasteiger partial charge in [-0.05, 0) is 31.8 Å². The fraction of sp³-hybridized carbons (Fsp3) is 0.667. The van der Waals surface area contributed by atoms with Gasteiger partial charge in [0.05, 0.1) is 0 Å². The van der Waals surface area contributed by atoms with Crippen LogP contribution < -0.4 is 5.73 Å². The average molecular weight is 311 g/mol. The molecule has 1 aliphatic carbocycles. The van der Waals surface area contributed by atoms with Crippen LogP contribution in [0.15, 0.2) is 12.2 Å². The molecule has 4 nitrogen and oxygen atoms in total. The zero-order chi connectivity index (χ0) is 10.4. The SMILES string of the molecule is N[C@@H]1C/C=C/C(OC(=O)OI)CCC1. The summed E-state index contributed by atoms with van der Waals surface area (Å²) in [6.45, 7) is 0. The minimum Gasteiger partial charge on any atom is -0.426 e. The van der Waals surface area contributed by atoms with E-state index < -0.39 is 6.16 Å². The van der Waals surface area contributed by atoms with Gasteiger partial charge in [-0.2, -0.15) is 0 Å². The van der Waals surface area contributed by atoms with Crippen LogP contribution in [0, 0.1) is 0 Å². The van der Waals surface area contributed by atoms with Crippen molar-refractivity contribution < 1.29 is 12.6 Å². The third-order valence-corrected chi connectivity index (χ3v) is 2.52. The molecular formula is C9H14INO3. The van der Waals surface area contributed by atoms with E-state index in [4.69, 9.17) is 10.5 Å². The maximum atomic E-state index is 10.8. The molecule has 0 heterocycles. The molecule has 5 heteroatoms. The van der Waals surface area contributed by atoms with Crippen LogP contribution in [0.5, 0.6) is 0 Å². The predicted octanol–water partition coefficient (Wildman–Crippen LogP) is 2.32. The molecule has 1 aliphatic rings. The molecule has 80 valence electrons. The number of carbonyl (C=O) groups excluding carboxylic acids is 1. The lowest BCUT2D eigenvalue weighted by atomic mass is 10.0. The second kappa shape index (κ2) is 6.23. The molecule has 2 atom stereocenters. The molecule has 0 aliphatic heterocycles. The fourth-order valence-electron chi connectivity index (χ4n) is 1.44. The van der Waals surface area contributed by atoms with Crippen molar-refractivity contribution in [3.63, 3.8) is 0 Å². The van der Waals surface area contributed by atoms with Crippen LogP contribution in [0.25, 0.3) is 0 Å². The fourth-order valence-corrected chi connectivity index (χ4v) is 1.54. The van der Waals surface area contributed by atoms with Gasteiger partial charge in [0.2, 0.25) is 0 Å². The lowest BCUT2D eigenvalue weighted by molar-refractivity contribution is 0.0834. The minimum atomic E-state index is -0.634. The molecule has 0 spiro atoms. The topological polar surface area (TPSA) is 61.5 Å². The van der Waals surface area contributed by atoms with E-state index in [1.807, 2.05) is 12.2 Å². The van der Waals surface area contributed by atoms with Crippen LogP contribution in [-0.2, 0) is 7.80 Å². The first-order valence-electron chi connectivity index (χ1n) is 4.64. The Morgan fingerprint density at radius 3 is 3.00 bits per heavy atom. The van der Waals surface area contributed by atoms with Gasteiger partial charge in [0.15, 0.2) is 23.0 Å². The van der Waals surface area contributed by atoms with Crippen molar-refractivity contribution in [1.29, 1.82) is 0 Å². The first-order valence-corrected chi connectivity index (χ1v) is 5.52. The Labute approximate surface area is 97.5 Å². The molecule has 0 amide bonds. The van der Waals surface area contributed by atoms with E-state index in [2.05, 4.69) is 3.07 Å². The van der Waals surface area contributed by atoms with E-state index in [1.54, 1.807) is 0 Å². The quantitative estimate of drug-likeness (QED) is 0.459. The van der Waals surface area contributed by atoms with Crippen molar-refractivity contribution in [2.45, 2.75) is 37.8 Å². The van der Waals surface area contributed by atoms with Gasteiger partial charge < -0.3 is 13.5 Å². The highest BCUT2D eigenvalue weighted by atomic mass is 127. The highest BCUT2D eigenvalue weighted by Gasteiger charge is 2.14. The zero-order valence-electron chi connectivity index (χ0n) is 7.82. The average Bonchev–Trinajstić information content (AvgIpc) is 2.14. The Hall–Kier alpha value is -0.300. The molecule has 0 aromatic carbocycles. The number of ether oxygens (including phenoxy) is 1. The molecule has 0 aromatic heterocycles. The normalized spacial score (nSPS) is 29.9. The summed E-state index contributed by atoms with van der Waals surface area (Å²) in [6.07, 6.45) is 6.67.